The zero-order valence-corrected chi connectivity index (χ0v) is 18.7. The maximum absolute atomic E-state index is 12.7. The van der Waals surface area contributed by atoms with Crippen LogP contribution in [0.3, 0.4) is 0 Å². The minimum atomic E-state index is 0.00944. The second-order valence-electron chi connectivity index (χ2n) is 6.92. The van der Waals surface area contributed by atoms with Gasteiger partial charge in [0.15, 0.2) is 16.8 Å². The van der Waals surface area contributed by atoms with E-state index in [1.54, 1.807) is 31.4 Å². The summed E-state index contributed by atoms with van der Waals surface area (Å²) >= 11 is 7.43. The van der Waals surface area contributed by atoms with Crippen LogP contribution in [0.1, 0.15) is 15.9 Å². The van der Waals surface area contributed by atoms with E-state index in [2.05, 4.69) is 10.2 Å². The first-order valence-electron chi connectivity index (χ1n) is 9.63. The van der Waals surface area contributed by atoms with E-state index in [4.69, 9.17) is 16.3 Å². The van der Waals surface area contributed by atoms with E-state index in [-0.39, 0.29) is 11.5 Å². The number of ether oxygens (including phenoxy) is 1. The molecular weight excluding hydrogens is 430 g/mol. The largest absolute Gasteiger partial charge is 0.497 e. The molecule has 7 heteroatoms. The highest BCUT2D eigenvalue weighted by Gasteiger charge is 2.18. The van der Waals surface area contributed by atoms with E-state index in [9.17, 15) is 4.79 Å². The summed E-state index contributed by atoms with van der Waals surface area (Å²) < 4.78 is 7.11. The quantitative estimate of drug-likeness (QED) is 0.260. The molecule has 1 heterocycles. The Morgan fingerprint density at radius 1 is 0.968 bits per heavy atom. The van der Waals surface area contributed by atoms with Crippen LogP contribution in [0.15, 0.2) is 78.0 Å². The van der Waals surface area contributed by atoms with Crippen LogP contribution in [0.5, 0.6) is 5.75 Å². The number of hydrogen-bond acceptors (Lipinski definition) is 5. The standard InChI is InChI=1S/C24H20ClN3O2S/c1-16-3-5-18(6-4-16)23-26-27-24(28(23)20-11-9-19(25)10-12-20)31-15-22(29)17-7-13-21(30-2)14-8-17/h3-14H,15H2,1-2H3. The SMILES string of the molecule is COc1ccc(C(=O)CSc2nnc(-c3ccc(C)cc3)n2-c2ccc(Cl)cc2)cc1. The third-order valence-electron chi connectivity index (χ3n) is 4.77. The molecule has 156 valence electrons. The van der Waals surface area contributed by atoms with Crippen LogP contribution in [0.25, 0.3) is 17.1 Å². The molecule has 0 radical (unpaired) electrons. The number of aromatic nitrogens is 3. The first kappa shape index (κ1) is 21.2. The first-order valence-corrected chi connectivity index (χ1v) is 11.0. The number of aryl methyl sites for hydroxylation is 1. The molecule has 1 aromatic heterocycles. The predicted octanol–water partition coefficient (Wildman–Crippen LogP) is 5.88. The molecule has 0 amide bonds. The van der Waals surface area contributed by atoms with Crippen molar-refractivity contribution < 1.29 is 9.53 Å². The van der Waals surface area contributed by atoms with E-state index in [0.717, 1.165) is 17.0 Å². The van der Waals surface area contributed by atoms with Gasteiger partial charge >= 0.3 is 0 Å². The summed E-state index contributed by atoms with van der Waals surface area (Å²) in [6.45, 7) is 2.04. The van der Waals surface area contributed by atoms with Gasteiger partial charge in [-0.3, -0.25) is 9.36 Å². The highest BCUT2D eigenvalue weighted by molar-refractivity contribution is 7.99. The normalized spacial score (nSPS) is 10.8. The Hall–Kier alpha value is -3.09. The van der Waals surface area contributed by atoms with Gasteiger partial charge in [-0.15, -0.1) is 10.2 Å². The van der Waals surface area contributed by atoms with Crippen LogP contribution in [0.2, 0.25) is 5.02 Å². The molecule has 0 spiro atoms. The summed E-state index contributed by atoms with van der Waals surface area (Å²) in [6.07, 6.45) is 0. The summed E-state index contributed by atoms with van der Waals surface area (Å²) in [5, 5.41) is 10.1. The Labute approximate surface area is 190 Å². The lowest BCUT2D eigenvalue weighted by atomic mass is 10.1. The number of halogens is 1. The molecule has 0 unspecified atom stereocenters. The van der Waals surface area contributed by atoms with Crippen molar-refractivity contribution in [2.45, 2.75) is 12.1 Å². The fraction of sp³-hybridized carbons (Fsp3) is 0.125. The lowest BCUT2D eigenvalue weighted by molar-refractivity contribution is 0.102. The highest BCUT2D eigenvalue weighted by Crippen LogP contribution is 2.29. The van der Waals surface area contributed by atoms with Gasteiger partial charge in [0.05, 0.1) is 12.9 Å². The molecule has 4 aromatic rings. The molecule has 0 aliphatic carbocycles. The van der Waals surface area contributed by atoms with Crippen LogP contribution in [0, 0.1) is 6.92 Å². The number of carbonyl (C=O) groups excluding carboxylic acids is 1. The number of thioether (sulfide) groups is 1. The number of hydrogen-bond donors (Lipinski definition) is 0. The number of nitrogens with zero attached hydrogens (tertiary/aromatic N) is 3. The summed E-state index contributed by atoms with van der Waals surface area (Å²) in [4.78, 5) is 12.7. The minimum Gasteiger partial charge on any atom is -0.497 e. The van der Waals surface area contributed by atoms with Crippen molar-refractivity contribution in [2.75, 3.05) is 12.9 Å². The van der Waals surface area contributed by atoms with Crippen molar-refractivity contribution in [3.63, 3.8) is 0 Å². The van der Waals surface area contributed by atoms with Gasteiger partial charge < -0.3 is 4.74 Å². The lowest BCUT2D eigenvalue weighted by Gasteiger charge is -2.11. The van der Waals surface area contributed by atoms with E-state index in [1.165, 1.54) is 17.3 Å². The number of ketones is 1. The second kappa shape index (κ2) is 9.37. The molecule has 0 saturated heterocycles. The number of rotatable bonds is 7. The minimum absolute atomic E-state index is 0.00944. The van der Waals surface area contributed by atoms with Crippen LogP contribution < -0.4 is 4.74 Å². The highest BCUT2D eigenvalue weighted by atomic mass is 35.5. The molecule has 31 heavy (non-hydrogen) atoms. The second-order valence-corrected chi connectivity index (χ2v) is 8.30. The molecule has 0 saturated carbocycles. The van der Waals surface area contributed by atoms with Gasteiger partial charge in [0.1, 0.15) is 5.75 Å². The Morgan fingerprint density at radius 2 is 1.65 bits per heavy atom. The van der Waals surface area contributed by atoms with Crippen molar-refractivity contribution in [3.05, 3.63) is 88.9 Å². The number of benzene rings is 3. The summed E-state index contributed by atoms with van der Waals surface area (Å²) in [6, 6.07) is 22.7. The van der Waals surface area contributed by atoms with E-state index in [0.29, 0.717) is 21.6 Å². The van der Waals surface area contributed by atoms with Gasteiger partial charge in [0.2, 0.25) is 0 Å². The van der Waals surface area contributed by atoms with E-state index >= 15 is 0 Å². The van der Waals surface area contributed by atoms with Crippen LogP contribution in [-0.2, 0) is 0 Å². The van der Waals surface area contributed by atoms with Crippen molar-refractivity contribution in [1.29, 1.82) is 0 Å². The van der Waals surface area contributed by atoms with E-state index < -0.39 is 0 Å². The average Bonchev–Trinajstić information content (AvgIpc) is 3.22. The topological polar surface area (TPSA) is 57.0 Å². The monoisotopic (exact) mass is 449 g/mol. The maximum atomic E-state index is 12.7. The van der Waals surface area contributed by atoms with Gasteiger partial charge in [0.25, 0.3) is 0 Å². The molecule has 0 atom stereocenters. The molecular formula is C24H20ClN3O2S. The molecule has 4 rings (SSSR count). The Morgan fingerprint density at radius 3 is 2.29 bits per heavy atom. The fourth-order valence-corrected chi connectivity index (χ4v) is 4.04. The van der Waals surface area contributed by atoms with Crippen molar-refractivity contribution in [1.82, 2.24) is 14.8 Å². The number of carbonyl (C=O) groups is 1. The maximum Gasteiger partial charge on any atom is 0.196 e. The molecule has 0 N–H and O–H groups in total. The van der Waals surface area contributed by atoms with Crippen LogP contribution in [-0.4, -0.2) is 33.4 Å². The van der Waals surface area contributed by atoms with Crippen molar-refractivity contribution in [3.8, 4) is 22.8 Å². The van der Waals surface area contributed by atoms with Gasteiger partial charge in [0, 0.05) is 21.8 Å². The molecule has 0 bridgehead atoms. The summed E-state index contributed by atoms with van der Waals surface area (Å²) in [5.74, 6) is 1.68. The van der Waals surface area contributed by atoms with Gasteiger partial charge in [-0.25, -0.2) is 0 Å². The molecule has 3 aromatic carbocycles. The van der Waals surface area contributed by atoms with Crippen LogP contribution in [0.4, 0.5) is 0 Å². The van der Waals surface area contributed by atoms with Gasteiger partial charge in [-0.2, -0.15) is 0 Å². The summed E-state index contributed by atoms with van der Waals surface area (Å²) in [5.41, 5.74) is 3.62. The average molecular weight is 450 g/mol. The molecule has 0 aliphatic rings. The zero-order chi connectivity index (χ0) is 21.8. The molecule has 0 aliphatic heterocycles. The number of methoxy groups -OCH3 is 1. The summed E-state index contributed by atoms with van der Waals surface area (Å²) in [7, 11) is 1.60. The van der Waals surface area contributed by atoms with Gasteiger partial charge in [-0.1, -0.05) is 53.2 Å². The lowest BCUT2D eigenvalue weighted by Crippen LogP contribution is -2.05. The molecule has 5 nitrogen and oxygen atoms in total. The van der Waals surface area contributed by atoms with Crippen LogP contribution >= 0.6 is 23.4 Å². The zero-order valence-electron chi connectivity index (χ0n) is 17.1. The molecule has 0 fully saturated rings. The van der Waals surface area contributed by atoms with Crippen molar-refractivity contribution in [2.24, 2.45) is 0 Å². The van der Waals surface area contributed by atoms with Gasteiger partial charge in [-0.05, 0) is 55.5 Å². The third-order valence-corrected chi connectivity index (χ3v) is 5.95. The first-order chi connectivity index (χ1) is 15.0. The fourth-order valence-electron chi connectivity index (χ4n) is 3.07. The Balaban J connectivity index is 1.64. The van der Waals surface area contributed by atoms with Crippen molar-refractivity contribution >= 4 is 29.1 Å². The third kappa shape index (κ3) is 4.81. The Kier molecular flexibility index (Phi) is 6.39. The van der Waals surface area contributed by atoms with E-state index in [1.807, 2.05) is 60.0 Å². The Bertz CT molecular complexity index is 1190. The predicted molar refractivity (Wildman–Crippen MR) is 125 cm³/mol. The number of Topliss-reactive ketones (excluding diaryl/α,β-unsaturated/α-hetero) is 1. The smallest absolute Gasteiger partial charge is 0.196 e.